The van der Waals surface area contributed by atoms with Gasteiger partial charge in [-0.05, 0) is 30.2 Å². The molecule has 32 heavy (non-hydrogen) atoms. The number of thiophene rings is 1. The number of hydrogen-bond acceptors (Lipinski definition) is 7. The van der Waals surface area contributed by atoms with E-state index in [9.17, 15) is 19.1 Å². The number of anilines is 1. The quantitative estimate of drug-likeness (QED) is 0.426. The number of nitrogens with zero attached hydrogens (tertiary/aromatic N) is 2. The largest absolute Gasteiger partial charge is 0.465 e. The van der Waals surface area contributed by atoms with Gasteiger partial charge in [0.05, 0.1) is 23.4 Å². The van der Waals surface area contributed by atoms with Gasteiger partial charge in [0.15, 0.2) is 0 Å². The van der Waals surface area contributed by atoms with Crippen LogP contribution in [0.2, 0.25) is 0 Å². The summed E-state index contributed by atoms with van der Waals surface area (Å²) in [6.07, 6.45) is -0.140. The highest BCUT2D eigenvalue weighted by molar-refractivity contribution is 7.22. The third-order valence-electron chi connectivity index (χ3n) is 5.16. The molecule has 0 fully saturated rings. The fourth-order valence-electron chi connectivity index (χ4n) is 3.58. The van der Waals surface area contributed by atoms with E-state index in [-0.39, 0.29) is 24.7 Å². The highest BCUT2D eigenvalue weighted by atomic mass is 32.1. The maximum Gasteiger partial charge on any atom is 0.407 e. The summed E-state index contributed by atoms with van der Waals surface area (Å²) >= 11 is 2.75. The number of hydrogen-bond donors (Lipinski definition) is 3. The van der Waals surface area contributed by atoms with Crippen LogP contribution in [-0.4, -0.2) is 60.3 Å². The molecule has 1 aliphatic heterocycles. The second kappa shape index (κ2) is 9.90. The van der Waals surface area contributed by atoms with Crippen LogP contribution in [0.5, 0.6) is 0 Å². The van der Waals surface area contributed by atoms with Crippen molar-refractivity contribution in [1.82, 2.24) is 15.2 Å². The first kappa shape index (κ1) is 22.6. The first-order valence-electron chi connectivity index (χ1n) is 10.1. The van der Waals surface area contributed by atoms with Crippen molar-refractivity contribution in [3.63, 3.8) is 0 Å². The third kappa shape index (κ3) is 4.90. The van der Waals surface area contributed by atoms with E-state index in [1.165, 1.54) is 39.7 Å². The summed E-state index contributed by atoms with van der Waals surface area (Å²) in [7, 11) is 1.62. The van der Waals surface area contributed by atoms with Crippen LogP contribution >= 0.6 is 22.7 Å². The second-order valence-corrected chi connectivity index (χ2v) is 9.47. The Morgan fingerprint density at radius 2 is 2.16 bits per heavy atom. The van der Waals surface area contributed by atoms with Gasteiger partial charge in [-0.3, -0.25) is 4.79 Å². The average molecular weight is 479 g/mol. The number of carbonyl (C=O) groups excluding carboxylic acids is 1. The molecule has 1 aromatic carbocycles. The maximum absolute atomic E-state index is 13.7. The number of fused-ring (bicyclic) bond motifs is 2. The molecule has 0 unspecified atom stereocenters. The van der Waals surface area contributed by atoms with Gasteiger partial charge in [-0.1, -0.05) is 0 Å². The van der Waals surface area contributed by atoms with Crippen molar-refractivity contribution < 1.29 is 23.8 Å². The van der Waals surface area contributed by atoms with Gasteiger partial charge >= 0.3 is 6.09 Å². The van der Waals surface area contributed by atoms with E-state index in [2.05, 4.69) is 15.6 Å². The highest BCUT2D eigenvalue weighted by Crippen LogP contribution is 2.45. The molecule has 8 nitrogen and oxygen atoms in total. The Bertz CT molecular complexity index is 1150. The van der Waals surface area contributed by atoms with Gasteiger partial charge < -0.3 is 25.4 Å². The molecule has 3 aromatic rings. The Morgan fingerprint density at radius 3 is 2.94 bits per heavy atom. The van der Waals surface area contributed by atoms with Crippen LogP contribution in [0.1, 0.15) is 16.9 Å². The number of aromatic nitrogens is 1. The predicted molar refractivity (Wildman–Crippen MR) is 123 cm³/mol. The summed E-state index contributed by atoms with van der Waals surface area (Å²) in [6.45, 7) is 2.40. The molecule has 0 atom stereocenters. The lowest BCUT2D eigenvalue weighted by Crippen LogP contribution is -2.34. The van der Waals surface area contributed by atoms with Gasteiger partial charge in [-0.25, -0.2) is 14.2 Å². The summed E-state index contributed by atoms with van der Waals surface area (Å²) in [5.74, 6) is -0.469. The molecule has 3 heterocycles. The Balaban J connectivity index is 1.63. The van der Waals surface area contributed by atoms with Gasteiger partial charge in [0.1, 0.15) is 15.8 Å². The number of rotatable bonds is 8. The molecular weight excluding hydrogens is 455 g/mol. The zero-order valence-electron chi connectivity index (χ0n) is 17.4. The first-order chi connectivity index (χ1) is 15.5. The highest BCUT2D eigenvalue weighted by Gasteiger charge is 2.29. The van der Waals surface area contributed by atoms with Crippen LogP contribution in [0.15, 0.2) is 18.2 Å². The van der Waals surface area contributed by atoms with Gasteiger partial charge in [0, 0.05) is 43.6 Å². The third-order valence-corrected chi connectivity index (χ3v) is 7.32. The Hall–Kier alpha value is -2.60. The summed E-state index contributed by atoms with van der Waals surface area (Å²) in [5, 5.41) is 16.9. The number of carboxylic acid groups (broad SMARTS) is 1. The number of nitrogens with one attached hydrogen (secondary N) is 2. The lowest BCUT2D eigenvalue weighted by molar-refractivity contribution is -0.116. The normalized spacial score (nSPS) is 13.4. The molecule has 3 N–H and O–H groups in total. The van der Waals surface area contributed by atoms with Crippen LogP contribution in [0, 0.1) is 5.82 Å². The van der Waals surface area contributed by atoms with E-state index < -0.39 is 6.09 Å². The van der Waals surface area contributed by atoms with Gasteiger partial charge in [-0.2, -0.15) is 0 Å². The van der Waals surface area contributed by atoms with E-state index >= 15 is 0 Å². The lowest BCUT2D eigenvalue weighted by atomic mass is 10.0. The van der Waals surface area contributed by atoms with Crippen LogP contribution in [-0.2, 0) is 22.5 Å². The van der Waals surface area contributed by atoms with Crippen LogP contribution < -0.4 is 10.6 Å². The number of carbonyl (C=O) groups is 2. The van der Waals surface area contributed by atoms with Crippen molar-refractivity contribution in [2.45, 2.75) is 19.4 Å². The Morgan fingerprint density at radius 1 is 1.31 bits per heavy atom. The maximum atomic E-state index is 13.7. The van der Waals surface area contributed by atoms with E-state index in [1.54, 1.807) is 13.2 Å². The van der Waals surface area contributed by atoms with Crippen molar-refractivity contribution in [3.8, 4) is 10.6 Å². The zero-order chi connectivity index (χ0) is 22.7. The minimum atomic E-state index is -0.964. The molecule has 170 valence electrons. The molecule has 4 rings (SSSR count). The number of halogens is 1. The smallest absolute Gasteiger partial charge is 0.407 e. The molecule has 0 saturated heterocycles. The minimum absolute atomic E-state index is 0.142. The molecule has 2 aromatic heterocycles. The number of amides is 2. The molecule has 0 aliphatic carbocycles. The fraction of sp³-hybridized carbons (Fsp3) is 0.381. The molecule has 0 spiro atoms. The van der Waals surface area contributed by atoms with Gasteiger partial charge in [0.2, 0.25) is 5.91 Å². The molecule has 0 bridgehead atoms. The number of ether oxygens (including phenoxy) is 1. The topological polar surface area (TPSA) is 104 Å². The standard InChI is InChI=1S/C21H23FN4O4S2/c1-30-9-7-23-6-4-17(27)25-20-18(13-5-8-26(21(28)29)11-16(13)32-20)19-24-14-3-2-12(22)10-15(14)31-19/h2-3,10,23H,4-9,11H2,1H3,(H,25,27)(H,28,29). The fourth-order valence-corrected chi connectivity index (χ4v) is 5.99. The first-order valence-corrected chi connectivity index (χ1v) is 11.8. The van der Waals surface area contributed by atoms with Crippen LogP contribution in [0.3, 0.4) is 0 Å². The molecule has 11 heteroatoms. The van der Waals surface area contributed by atoms with Crippen molar-refractivity contribution >= 4 is 49.9 Å². The lowest BCUT2D eigenvalue weighted by Gasteiger charge is -2.24. The van der Waals surface area contributed by atoms with Crippen molar-refractivity contribution in [3.05, 3.63) is 34.5 Å². The summed E-state index contributed by atoms with van der Waals surface area (Å²) in [6, 6.07) is 4.46. The van der Waals surface area contributed by atoms with E-state index in [1.807, 2.05) is 0 Å². The van der Waals surface area contributed by atoms with Crippen molar-refractivity contribution in [2.75, 3.05) is 38.7 Å². The molecule has 1 aliphatic rings. The summed E-state index contributed by atoms with van der Waals surface area (Å²) in [4.78, 5) is 31.0. The van der Waals surface area contributed by atoms with E-state index in [0.717, 1.165) is 20.7 Å². The summed E-state index contributed by atoms with van der Waals surface area (Å²) < 4.78 is 19.4. The van der Waals surface area contributed by atoms with Crippen molar-refractivity contribution in [1.29, 1.82) is 0 Å². The Labute approximate surface area is 192 Å². The monoisotopic (exact) mass is 478 g/mol. The number of methoxy groups -OCH3 is 1. The zero-order valence-corrected chi connectivity index (χ0v) is 19.1. The number of benzene rings is 1. The Kier molecular flexibility index (Phi) is 6.99. The van der Waals surface area contributed by atoms with Gasteiger partial charge in [-0.15, -0.1) is 22.7 Å². The molecular formula is C21H23FN4O4S2. The second-order valence-electron chi connectivity index (χ2n) is 7.33. The van der Waals surface area contributed by atoms with Gasteiger partial charge in [0.25, 0.3) is 0 Å². The predicted octanol–water partition coefficient (Wildman–Crippen LogP) is 3.76. The van der Waals surface area contributed by atoms with E-state index in [0.29, 0.717) is 48.2 Å². The minimum Gasteiger partial charge on any atom is -0.465 e. The van der Waals surface area contributed by atoms with E-state index in [4.69, 9.17) is 4.74 Å². The molecule has 0 radical (unpaired) electrons. The SMILES string of the molecule is COCCNCCC(=O)Nc1sc2c(c1-c1nc3ccc(F)cc3s1)CCN(C(=O)O)C2. The van der Waals surface area contributed by atoms with Crippen LogP contribution in [0.4, 0.5) is 14.2 Å². The molecule has 2 amide bonds. The summed E-state index contributed by atoms with van der Waals surface area (Å²) in [5.41, 5.74) is 2.51. The number of thiazole rings is 1. The molecule has 0 saturated carbocycles. The van der Waals surface area contributed by atoms with Crippen LogP contribution in [0.25, 0.3) is 20.8 Å². The average Bonchev–Trinajstić information content (AvgIpc) is 3.32. The van der Waals surface area contributed by atoms with Crippen molar-refractivity contribution in [2.24, 2.45) is 0 Å².